The van der Waals surface area contributed by atoms with E-state index in [9.17, 15) is 4.79 Å². The molecule has 0 aromatic heterocycles. The van der Waals surface area contributed by atoms with E-state index in [1.54, 1.807) is 14.2 Å². The van der Waals surface area contributed by atoms with Crippen molar-refractivity contribution in [1.82, 2.24) is 9.80 Å². The molecule has 0 radical (unpaired) electrons. The Labute approximate surface area is 198 Å². The van der Waals surface area contributed by atoms with E-state index in [2.05, 4.69) is 47.4 Å². The normalized spacial score (nSPS) is 20.1. The van der Waals surface area contributed by atoms with Crippen LogP contribution in [0.25, 0.3) is 11.1 Å². The number of carbonyl (C=O) groups excluding carboxylic acids is 1. The molecule has 2 aromatic carbocycles. The summed E-state index contributed by atoms with van der Waals surface area (Å²) in [5.74, 6) is 1.79. The first-order valence-corrected chi connectivity index (χ1v) is 12.1. The summed E-state index contributed by atoms with van der Waals surface area (Å²) in [5.41, 5.74) is 3.62. The van der Waals surface area contributed by atoms with Crippen LogP contribution in [0.5, 0.6) is 5.75 Å². The van der Waals surface area contributed by atoms with Gasteiger partial charge in [-0.25, -0.2) is 0 Å². The van der Waals surface area contributed by atoms with Gasteiger partial charge in [-0.15, -0.1) is 0 Å². The van der Waals surface area contributed by atoms with E-state index in [0.29, 0.717) is 31.5 Å². The van der Waals surface area contributed by atoms with Crippen molar-refractivity contribution in [2.24, 2.45) is 11.8 Å². The van der Waals surface area contributed by atoms with Crippen molar-refractivity contribution >= 4 is 5.91 Å². The van der Waals surface area contributed by atoms with Gasteiger partial charge in [0.1, 0.15) is 5.75 Å². The van der Waals surface area contributed by atoms with E-state index < -0.39 is 0 Å². The Kier molecular flexibility index (Phi) is 8.19. The van der Waals surface area contributed by atoms with Crippen molar-refractivity contribution in [1.29, 1.82) is 0 Å². The van der Waals surface area contributed by atoms with Crippen molar-refractivity contribution in [3.05, 3.63) is 66.2 Å². The molecule has 1 saturated heterocycles. The number of piperidine rings is 1. The molecule has 5 heteroatoms. The Balaban J connectivity index is 1.32. The number of likely N-dealkylation sites (tertiary alicyclic amines) is 1. The number of hydrogen-bond donors (Lipinski definition) is 0. The molecule has 176 valence electrons. The van der Waals surface area contributed by atoms with Gasteiger partial charge >= 0.3 is 0 Å². The molecule has 2 aromatic rings. The van der Waals surface area contributed by atoms with Gasteiger partial charge in [-0.3, -0.25) is 9.69 Å². The lowest BCUT2D eigenvalue weighted by atomic mass is 9.81. The van der Waals surface area contributed by atoms with Gasteiger partial charge in [0.2, 0.25) is 5.91 Å². The van der Waals surface area contributed by atoms with E-state index in [0.717, 1.165) is 50.2 Å². The van der Waals surface area contributed by atoms with Gasteiger partial charge in [0.25, 0.3) is 0 Å². The lowest BCUT2D eigenvalue weighted by molar-refractivity contribution is -0.137. The summed E-state index contributed by atoms with van der Waals surface area (Å²) in [6.07, 6.45) is 7.38. The highest BCUT2D eigenvalue weighted by Gasteiger charge is 2.33. The minimum atomic E-state index is 0.114. The summed E-state index contributed by atoms with van der Waals surface area (Å²) in [7, 11) is 3.41. The number of benzene rings is 2. The monoisotopic (exact) mass is 448 g/mol. The van der Waals surface area contributed by atoms with E-state index >= 15 is 0 Å². The van der Waals surface area contributed by atoms with Gasteiger partial charge in [0.05, 0.1) is 13.7 Å². The van der Waals surface area contributed by atoms with Crippen LogP contribution in [0.15, 0.2) is 60.7 Å². The minimum Gasteiger partial charge on any atom is -0.496 e. The van der Waals surface area contributed by atoms with Crippen molar-refractivity contribution in [2.75, 3.05) is 47.0 Å². The van der Waals surface area contributed by atoms with Gasteiger partial charge in [-0.1, -0.05) is 54.6 Å². The molecule has 0 saturated carbocycles. The van der Waals surface area contributed by atoms with E-state index in [1.165, 1.54) is 11.1 Å². The number of nitrogens with zero attached hydrogens (tertiary/aromatic N) is 2. The number of para-hydroxylation sites is 1. The van der Waals surface area contributed by atoms with Gasteiger partial charge in [-0.05, 0) is 55.5 Å². The van der Waals surface area contributed by atoms with Crippen molar-refractivity contribution in [3.63, 3.8) is 0 Å². The lowest BCUT2D eigenvalue weighted by Gasteiger charge is -2.36. The molecule has 0 aliphatic carbocycles. The predicted octanol–water partition coefficient (Wildman–Crippen LogP) is 4.63. The zero-order chi connectivity index (χ0) is 23.0. The number of ether oxygens (including phenoxy) is 2. The van der Waals surface area contributed by atoms with Gasteiger partial charge < -0.3 is 14.4 Å². The maximum absolute atomic E-state index is 13.1. The van der Waals surface area contributed by atoms with Crippen LogP contribution in [0.3, 0.4) is 0 Å². The Morgan fingerprint density at radius 2 is 1.73 bits per heavy atom. The maximum Gasteiger partial charge on any atom is 0.226 e. The number of allylic oxidation sites excluding steroid dienone is 1. The molecule has 1 fully saturated rings. The molecule has 5 nitrogen and oxygen atoms in total. The second kappa shape index (κ2) is 11.5. The molecule has 1 amide bonds. The van der Waals surface area contributed by atoms with Crippen molar-refractivity contribution in [3.8, 4) is 16.9 Å². The number of rotatable bonds is 8. The van der Waals surface area contributed by atoms with Gasteiger partial charge in [0.15, 0.2) is 0 Å². The summed E-state index contributed by atoms with van der Waals surface area (Å²) >= 11 is 0. The number of hydrogen-bond acceptors (Lipinski definition) is 4. The van der Waals surface area contributed by atoms with Gasteiger partial charge in [0, 0.05) is 38.2 Å². The van der Waals surface area contributed by atoms with Crippen LogP contribution in [-0.4, -0.2) is 62.7 Å². The first-order valence-electron chi connectivity index (χ1n) is 12.1. The maximum atomic E-state index is 13.1. The zero-order valence-corrected chi connectivity index (χ0v) is 19.9. The Bertz CT molecular complexity index is 932. The largest absolute Gasteiger partial charge is 0.496 e. The highest BCUT2D eigenvalue weighted by atomic mass is 16.5. The minimum absolute atomic E-state index is 0.114. The summed E-state index contributed by atoms with van der Waals surface area (Å²) in [6.45, 7) is 5.04. The molecule has 2 aliphatic heterocycles. The van der Waals surface area contributed by atoms with Gasteiger partial charge in [-0.2, -0.15) is 0 Å². The van der Waals surface area contributed by atoms with Crippen LogP contribution < -0.4 is 4.74 Å². The predicted molar refractivity (Wildman–Crippen MR) is 132 cm³/mol. The third-order valence-corrected chi connectivity index (χ3v) is 7.06. The third-order valence-electron chi connectivity index (χ3n) is 7.06. The molecule has 0 spiro atoms. The van der Waals surface area contributed by atoms with Crippen LogP contribution in [0, 0.1) is 11.8 Å². The van der Waals surface area contributed by atoms with E-state index in [-0.39, 0.29) is 5.92 Å². The topological polar surface area (TPSA) is 42.0 Å². The number of carbonyl (C=O) groups is 1. The molecule has 4 rings (SSSR count). The van der Waals surface area contributed by atoms with Crippen molar-refractivity contribution < 1.29 is 14.3 Å². The zero-order valence-electron chi connectivity index (χ0n) is 19.9. The second-order valence-electron chi connectivity index (χ2n) is 9.10. The SMILES string of the molecule is COCCN1CC=CC[C@H](C2CCN(Cc3ccc(-c4ccccc4OC)cc3)CC2)C1=O. The second-order valence-corrected chi connectivity index (χ2v) is 9.10. The Morgan fingerprint density at radius 3 is 2.45 bits per heavy atom. The molecule has 2 aliphatic rings. The molecular formula is C28H36N2O3. The van der Waals surface area contributed by atoms with E-state index in [4.69, 9.17) is 9.47 Å². The molecular weight excluding hydrogens is 412 g/mol. The average molecular weight is 449 g/mol. The van der Waals surface area contributed by atoms with E-state index in [1.807, 2.05) is 23.1 Å². The summed E-state index contributed by atoms with van der Waals surface area (Å²) in [6, 6.07) is 17.0. The quantitative estimate of drug-likeness (QED) is 0.553. The summed E-state index contributed by atoms with van der Waals surface area (Å²) in [5, 5.41) is 0. The molecule has 0 N–H and O–H groups in total. The average Bonchev–Trinajstić information content (AvgIpc) is 3.05. The first kappa shape index (κ1) is 23.5. The third kappa shape index (κ3) is 5.84. The van der Waals surface area contributed by atoms with Crippen molar-refractivity contribution in [2.45, 2.75) is 25.8 Å². The van der Waals surface area contributed by atoms with Crippen LogP contribution >= 0.6 is 0 Å². The fourth-order valence-corrected chi connectivity index (χ4v) is 5.11. The van der Waals surface area contributed by atoms with Crippen LogP contribution in [0.1, 0.15) is 24.8 Å². The molecule has 2 heterocycles. The lowest BCUT2D eigenvalue weighted by Crippen LogP contribution is -2.43. The molecule has 33 heavy (non-hydrogen) atoms. The fourth-order valence-electron chi connectivity index (χ4n) is 5.11. The Hall–Kier alpha value is -2.63. The standard InChI is InChI=1S/C28H36N2O3/c1-32-20-19-30-16-6-5-8-26(28(30)31)24-14-17-29(18-15-24)21-22-10-12-23(13-11-22)25-7-3-4-9-27(25)33-2/h3-7,9-13,24,26H,8,14-21H2,1-2H3/t26-/m1/s1. The smallest absolute Gasteiger partial charge is 0.226 e. The Morgan fingerprint density at radius 1 is 0.970 bits per heavy atom. The highest BCUT2D eigenvalue weighted by Crippen LogP contribution is 2.32. The number of methoxy groups -OCH3 is 2. The summed E-state index contributed by atoms with van der Waals surface area (Å²) in [4.78, 5) is 17.6. The molecule has 0 bridgehead atoms. The summed E-state index contributed by atoms with van der Waals surface area (Å²) < 4.78 is 10.7. The van der Waals surface area contributed by atoms with Crippen LogP contribution in [0.2, 0.25) is 0 Å². The molecule has 0 unspecified atom stereocenters. The molecule has 1 atom stereocenters. The van der Waals surface area contributed by atoms with Crippen LogP contribution in [0.4, 0.5) is 0 Å². The number of amides is 1. The first-order chi connectivity index (χ1) is 16.2. The van der Waals surface area contributed by atoms with Crippen LogP contribution in [-0.2, 0) is 16.1 Å². The fraction of sp³-hybridized carbons (Fsp3) is 0.464. The highest BCUT2D eigenvalue weighted by molar-refractivity contribution is 5.80.